The number of hydrogen-bond donors (Lipinski definition) is 2. The third-order valence-electron chi connectivity index (χ3n) is 5.57. The van der Waals surface area contributed by atoms with E-state index >= 15 is 0 Å². The number of Topliss-reactive ketones (excluding diaryl/α,β-unsaturated/α-hetero) is 1. The van der Waals surface area contributed by atoms with Crippen molar-refractivity contribution >= 4 is 34.1 Å². The molecule has 0 saturated carbocycles. The first-order chi connectivity index (χ1) is 15.3. The highest BCUT2D eigenvalue weighted by Gasteiger charge is 2.16. The molecule has 4 N–H and O–H groups in total. The van der Waals surface area contributed by atoms with Crippen LogP contribution in [-0.2, 0) is 19.5 Å². The molecule has 0 bridgehead atoms. The summed E-state index contributed by atoms with van der Waals surface area (Å²) in [6, 6.07) is 9.72. The van der Waals surface area contributed by atoms with E-state index < -0.39 is 0 Å². The summed E-state index contributed by atoms with van der Waals surface area (Å²) in [5, 5.41) is 1.55. The van der Waals surface area contributed by atoms with Gasteiger partial charge in [-0.3, -0.25) is 9.78 Å². The van der Waals surface area contributed by atoms with E-state index in [0.29, 0.717) is 41.7 Å². The van der Waals surface area contributed by atoms with Crippen molar-refractivity contribution in [2.24, 2.45) is 5.73 Å². The van der Waals surface area contributed by atoms with Gasteiger partial charge in [-0.1, -0.05) is 17.7 Å². The molecular formula is C24H25ClN6O. The van der Waals surface area contributed by atoms with Crippen LogP contribution < -0.4 is 11.5 Å². The highest BCUT2D eigenvalue weighted by Crippen LogP contribution is 2.20. The largest absolute Gasteiger partial charge is 0.384 e. The number of ketones is 1. The fourth-order valence-corrected chi connectivity index (χ4v) is 4.14. The Balaban J connectivity index is 1.52. The molecule has 0 saturated heterocycles. The number of pyridine rings is 2. The molecule has 0 radical (unpaired) electrons. The second kappa shape index (κ2) is 9.06. The second-order valence-corrected chi connectivity index (χ2v) is 8.34. The fourth-order valence-electron chi connectivity index (χ4n) is 3.97. The number of nitrogens with two attached hydrogens (primary N) is 2. The maximum atomic E-state index is 12.9. The minimum absolute atomic E-state index is 0.0245. The number of nitrogen functional groups attached to an aromatic ring is 1. The molecule has 0 aliphatic carbocycles. The van der Waals surface area contributed by atoms with Gasteiger partial charge >= 0.3 is 0 Å². The van der Waals surface area contributed by atoms with Crippen LogP contribution in [0.2, 0.25) is 5.02 Å². The van der Waals surface area contributed by atoms with Crippen LogP contribution in [0.25, 0.3) is 10.9 Å². The maximum absolute atomic E-state index is 12.9. The van der Waals surface area contributed by atoms with Gasteiger partial charge in [0.1, 0.15) is 17.3 Å². The van der Waals surface area contributed by atoms with Crippen LogP contribution in [0.5, 0.6) is 0 Å². The topological polar surface area (TPSA) is 113 Å². The summed E-state index contributed by atoms with van der Waals surface area (Å²) < 4.78 is 1.92. The van der Waals surface area contributed by atoms with Crippen LogP contribution >= 0.6 is 11.6 Å². The van der Waals surface area contributed by atoms with Crippen molar-refractivity contribution in [3.63, 3.8) is 0 Å². The SMILES string of the molecule is Cc1cc(N)nc(C)c1CCC(=O)c1cn(Cc2ccc3ncc(Cl)cc3c2)c(CN)n1. The molecule has 4 rings (SSSR count). The van der Waals surface area contributed by atoms with Gasteiger partial charge in [-0.2, -0.15) is 0 Å². The van der Waals surface area contributed by atoms with Gasteiger partial charge in [0.25, 0.3) is 0 Å². The number of rotatable bonds is 7. The Labute approximate surface area is 191 Å². The third-order valence-corrected chi connectivity index (χ3v) is 5.78. The van der Waals surface area contributed by atoms with Crippen LogP contribution in [-0.4, -0.2) is 25.3 Å². The molecule has 0 amide bonds. The summed E-state index contributed by atoms with van der Waals surface area (Å²) in [4.78, 5) is 26.0. The Morgan fingerprint density at radius 2 is 1.97 bits per heavy atom. The van der Waals surface area contributed by atoms with Gasteiger partial charge in [-0.25, -0.2) is 9.97 Å². The average molecular weight is 449 g/mol. The number of fused-ring (bicyclic) bond motifs is 1. The lowest BCUT2D eigenvalue weighted by atomic mass is 10.0. The number of benzene rings is 1. The highest BCUT2D eigenvalue weighted by molar-refractivity contribution is 6.31. The van der Waals surface area contributed by atoms with Gasteiger partial charge in [0, 0.05) is 36.4 Å². The summed E-state index contributed by atoms with van der Waals surface area (Å²) in [5.41, 5.74) is 17.0. The minimum Gasteiger partial charge on any atom is -0.384 e. The normalized spacial score (nSPS) is 11.2. The smallest absolute Gasteiger partial charge is 0.183 e. The molecule has 32 heavy (non-hydrogen) atoms. The molecule has 0 fully saturated rings. The van der Waals surface area contributed by atoms with Crippen LogP contribution in [0, 0.1) is 13.8 Å². The average Bonchev–Trinajstić information content (AvgIpc) is 3.15. The molecule has 3 heterocycles. The number of carbonyl (C=O) groups is 1. The quantitative estimate of drug-likeness (QED) is 0.413. The van der Waals surface area contributed by atoms with Gasteiger partial charge in [-0.15, -0.1) is 0 Å². The van der Waals surface area contributed by atoms with E-state index in [1.165, 1.54) is 0 Å². The lowest BCUT2D eigenvalue weighted by Gasteiger charge is -2.09. The van der Waals surface area contributed by atoms with E-state index in [0.717, 1.165) is 33.3 Å². The standard InChI is InChI=1S/C24H25ClN6O/c1-14-7-23(27)29-15(2)19(14)4-6-22(32)21-13-31(24(10-26)30-21)12-16-3-5-20-17(8-16)9-18(25)11-28-20/h3,5,7-9,11,13H,4,6,10,12,26H2,1-2H3,(H2,27,29). The fraction of sp³-hybridized carbons (Fsp3) is 0.250. The monoisotopic (exact) mass is 448 g/mol. The first-order valence-electron chi connectivity index (χ1n) is 10.4. The van der Waals surface area contributed by atoms with Crippen LogP contribution in [0.1, 0.15) is 45.1 Å². The molecule has 3 aromatic heterocycles. The van der Waals surface area contributed by atoms with Gasteiger partial charge in [0.2, 0.25) is 0 Å². The highest BCUT2D eigenvalue weighted by atomic mass is 35.5. The van der Waals surface area contributed by atoms with E-state index in [-0.39, 0.29) is 12.3 Å². The van der Waals surface area contributed by atoms with Crippen LogP contribution in [0.4, 0.5) is 5.82 Å². The Bertz CT molecular complexity index is 1290. The molecule has 0 aliphatic rings. The number of nitrogens with zero attached hydrogens (tertiary/aromatic N) is 4. The summed E-state index contributed by atoms with van der Waals surface area (Å²) in [5.74, 6) is 1.14. The number of imidazole rings is 1. The van der Waals surface area contributed by atoms with Crippen molar-refractivity contribution < 1.29 is 4.79 Å². The van der Waals surface area contributed by atoms with Gasteiger partial charge < -0.3 is 16.0 Å². The van der Waals surface area contributed by atoms with Gasteiger partial charge in [-0.05, 0) is 61.2 Å². The first kappa shape index (κ1) is 21.9. The maximum Gasteiger partial charge on any atom is 0.183 e. The zero-order valence-electron chi connectivity index (χ0n) is 18.1. The van der Waals surface area contributed by atoms with E-state index in [4.69, 9.17) is 23.1 Å². The Kier molecular flexibility index (Phi) is 6.21. The van der Waals surface area contributed by atoms with Crippen molar-refractivity contribution in [3.8, 4) is 0 Å². The minimum atomic E-state index is -0.0245. The molecule has 1 aromatic carbocycles. The van der Waals surface area contributed by atoms with E-state index in [1.807, 2.05) is 48.7 Å². The number of anilines is 1. The predicted octanol–water partition coefficient (Wildman–Crippen LogP) is 4.00. The van der Waals surface area contributed by atoms with Crippen LogP contribution in [0.3, 0.4) is 0 Å². The summed E-state index contributed by atoms with van der Waals surface area (Å²) in [6.07, 6.45) is 4.35. The van der Waals surface area contributed by atoms with E-state index in [2.05, 4.69) is 15.0 Å². The van der Waals surface area contributed by atoms with Crippen LogP contribution in [0.15, 0.2) is 42.7 Å². The van der Waals surface area contributed by atoms with Crippen molar-refractivity contribution in [3.05, 3.63) is 81.7 Å². The van der Waals surface area contributed by atoms with Crippen molar-refractivity contribution in [1.29, 1.82) is 0 Å². The molecule has 7 nitrogen and oxygen atoms in total. The van der Waals surface area contributed by atoms with Gasteiger partial charge in [0.15, 0.2) is 5.78 Å². The summed E-state index contributed by atoms with van der Waals surface area (Å²) >= 11 is 6.08. The number of carbonyl (C=O) groups excluding carboxylic acids is 1. The molecule has 0 atom stereocenters. The van der Waals surface area contributed by atoms with Crippen molar-refractivity contribution in [1.82, 2.24) is 19.5 Å². The number of halogens is 1. The summed E-state index contributed by atoms with van der Waals surface area (Å²) in [6.45, 7) is 4.69. The number of aryl methyl sites for hydroxylation is 2. The lowest BCUT2D eigenvalue weighted by molar-refractivity contribution is 0.0978. The Hall–Kier alpha value is -3.29. The molecule has 0 spiro atoms. The Morgan fingerprint density at radius 1 is 1.16 bits per heavy atom. The predicted molar refractivity (Wildman–Crippen MR) is 127 cm³/mol. The zero-order valence-corrected chi connectivity index (χ0v) is 18.9. The molecule has 4 aromatic rings. The molecular weight excluding hydrogens is 424 g/mol. The first-order valence-corrected chi connectivity index (χ1v) is 10.8. The molecule has 0 unspecified atom stereocenters. The van der Waals surface area contributed by atoms with E-state index in [9.17, 15) is 4.79 Å². The molecule has 164 valence electrons. The lowest BCUT2D eigenvalue weighted by Crippen LogP contribution is -2.08. The zero-order chi connectivity index (χ0) is 22.8. The number of hydrogen-bond acceptors (Lipinski definition) is 6. The second-order valence-electron chi connectivity index (χ2n) is 7.91. The van der Waals surface area contributed by atoms with Crippen molar-refractivity contribution in [2.75, 3.05) is 5.73 Å². The number of aromatic nitrogens is 4. The molecule has 0 aliphatic heterocycles. The van der Waals surface area contributed by atoms with E-state index in [1.54, 1.807) is 12.4 Å². The Morgan fingerprint density at radius 3 is 2.72 bits per heavy atom. The summed E-state index contributed by atoms with van der Waals surface area (Å²) in [7, 11) is 0. The molecule has 8 heteroatoms. The third kappa shape index (κ3) is 4.64. The van der Waals surface area contributed by atoms with Crippen molar-refractivity contribution in [2.45, 2.75) is 39.8 Å². The van der Waals surface area contributed by atoms with Gasteiger partial charge in [0.05, 0.1) is 17.1 Å².